The highest BCUT2D eigenvalue weighted by Gasteiger charge is 2.46. The van der Waals surface area contributed by atoms with E-state index < -0.39 is 62.2 Å². The maximum absolute atomic E-state index is 9.93. The molecule has 2 aliphatic rings. The fraction of sp³-hybridized carbons (Fsp3) is 0.833. The highest BCUT2D eigenvalue weighted by Crippen LogP contribution is 2.25. The van der Waals surface area contributed by atoms with Crippen molar-refractivity contribution in [1.82, 2.24) is 0 Å². The molecular formula is C12H20O9. The summed E-state index contributed by atoms with van der Waals surface area (Å²) in [6, 6.07) is 0. The van der Waals surface area contributed by atoms with Crippen LogP contribution in [-0.2, 0) is 14.2 Å². The monoisotopic (exact) mass is 308 g/mol. The van der Waals surface area contributed by atoms with Crippen molar-refractivity contribution in [3.05, 3.63) is 12.3 Å². The molecule has 1 fully saturated rings. The van der Waals surface area contributed by atoms with E-state index in [2.05, 4.69) is 0 Å². The second-order valence-corrected chi connectivity index (χ2v) is 4.97. The molecule has 0 saturated carbocycles. The molecule has 9 nitrogen and oxygen atoms in total. The minimum Gasteiger partial charge on any atom is -0.493 e. The van der Waals surface area contributed by atoms with E-state index in [0.717, 1.165) is 0 Å². The topological polar surface area (TPSA) is 149 Å². The predicted molar refractivity (Wildman–Crippen MR) is 65.7 cm³/mol. The van der Waals surface area contributed by atoms with E-state index in [1.54, 1.807) is 0 Å². The Balaban J connectivity index is 2.04. The molecule has 0 bridgehead atoms. The number of rotatable bonds is 4. The van der Waals surface area contributed by atoms with Crippen LogP contribution in [0.15, 0.2) is 12.3 Å². The number of aliphatic hydroxyl groups is 6. The molecule has 2 rings (SSSR count). The van der Waals surface area contributed by atoms with Crippen LogP contribution in [0, 0.1) is 0 Å². The third-order valence-electron chi connectivity index (χ3n) is 3.56. The molecule has 0 aliphatic carbocycles. The number of hydrogen-bond acceptors (Lipinski definition) is 9. The van der Waals surface area contributed by atoms with Crippen LogP contribution >= 0.6 is 0 Å². The maximum Gasteiger partial charge on any atom is 0.187 e. The van der Waals surface area contributed by atoms with Crippen LogP contribution in [0.5, 0.6) is 0 Å². The van der Waals surface area contributed by atoms with Crippen molar-refractivity contribution < 1.29 is 44.8 Å². The van der Waals surface area contributed by atoms with E-state index in [-0.39, 0.29) is 0 Å². The van der Waals surface area contributed by atoms with Gasteiger partial charge in [0, 0.05) is 0 Å². The first-order valence-electron chi connectivity index (χ1n) is 6.56. The Bertz CT molecular complexity index is 361. The molecule has 2 aliphatic heterocycles. The summed E-state index contributed by atoms with van der Waals surface area (Å²) in [5.41, 5.74) is 0. The van der Waals surface area contributed by atoms with Crippen LogP contribution < -0.4 is 0 Å². The van der Waals surface area contributed by atoms with Crippen LogP contribution in [-0.4, -0.2) is 92.9 Å². The first-order chi connectivity index (χ1) is 9.99. The Morgan fingerprint density at radius 1 is 0.857 bits per heavy atom. The summed E-state index contributed by atoms with van der Waals surface area (Å²) in [4.78, 5) is 0. The van der Waals surface area contributed by atoms with Crippen molar-refractivity contribution in [2.75, 3.05) is 13.2 Å². The Morgan fingerprint density at radius 2 is 1.52 bits per heavy atom. The lowest BCUT2D eigenvalue weighted by Crippen LogP contribution is -2.60. The van der Waals surface area contributed by atoms with E-state index in [1.165, 1.54) is 12.3 Å². The van der Waals surface area contributed by atoms with Gasteiger partial charge in [-0.3, -0.25) is 0 Å². The fourth-order valence-corrected chi connectivity index (χ4v) is 2.24. The van der Waals surface area contributed by atoms with Gasteiger partial charge in [-0.1, -0.05) is 0 Å². The van der Waals surface area contributed by atoms with Gasteiger partial charge in [-0.05, 0) is 6.08 Å². The van der Waals surface area contributed by atoms with Gasteiger partial charge >= 0.3 is 0 Å². The van der Waals surface area contributed by atoms with Crippen LogP contribution in [0.25, 0.3) is 0 Å². The Morgan fingerprint density at radius 3 is 2.14 bits per heavy atom. The number of aliphatic hydroxyl groups excluding tert-OH is 6. The SMILES string of the molecule is OC[C@H]1O[C@H](O[C@@H]2C=CO[C@H](CO)[C@H]2O)[C@H](O)[C@@H](O)[C@@H]1O. The Hall–Kier alpha value is -0.780. The second-order valence-electron chi connectivity index (χ2n) is 4.97. The third kappa shape index (κ3) is 3.35. The van der Waals surface area contributed by atoms with Crippen molar-refractivity contribution >= 4 is 0 Å². The predicted octanol–water partition coefficient (Wildman–Crippen LogP) is -3.56. The van der Waals surface area contributed by atoms with Gasteiger partial charge in [-0.15, -0.1) is 0 Å². The quantitative estimate of drug-likeness (QED) is 0.310. The maximum atomic E-state index is 9.93. The normalized spacial score (nSPS) is 47.1. The van der Waals surface area contributed by atoms with Gasteiger partial charge in [0.1, 0.15) is 42.7 Å². The van der Waals surface area contributed by atoms with Crippen molar-refractivity contribution in [1.29, 1.82) is 0 Å². The van der Waals surface area contributed by atoms with Crippen molar-refractivity contribution in [3.8, 4) is 0 Å². The average molecular weight is 308 g/mol. The van der Waals surface area contributed by atoms with Crippen LogP contribution in [0.4, 0.5) is 0 Å². The molecule has 0 aromatic heterocycles. The summed E-state index contributed by atoms with van der Waals surface area (Å²) < 4.78 is 15.5. The Labute approximate surface area is 120 Å². The van der Waals surface area contributed by atoms with Gasteiger partial charge in [-0.2, -0.15) is 0 Å². The van der Waals surface area contributed by atoms with Crippen molar-refractivity contribution in [2.45, 2.75) is 49.0 Å². The first kappa shape index (κ1) is 16.6. The molecular weight excluding hydrogens is 288 g/mol. The lowest BCUT2D eigenvalue weighted by atomic mass is 9.99. The first-order valence-corrected chi connectivity index (χ1v) is 6.56. The van der Waals surface area contributed by atoms with Crippen LogP contribution in [0.1, 0.15) is 0 Å². The van der Waals surface area contributed by atoms with Crippen LogP contribution in [0.2, 0.25) is 0 Å². The Kier molecular flexibility index (Phi) is 5.52. The average Bonchev–Trinajstić information content (AvgIpc) is 2.49. The summed E-state index contributed by atoms with van der Waals surface area (Å²) in [5, 5.41) is 57.2. The zero-order chi connectivity index (χ0) is 15.6. The smallest absolute Gasteiger partial charge is 0.187 e. The zero-order valence-electron chi connectivity index (χ0n) is 11.1. The molecule has 0 aromatic rings. The molecule has 122 valence electrons. The minimum absolute atomic E-state index is 0.431. The largest absolute Gasteiger partial charge is 0.493 e. The lowest BCUT2D eigenvalue weighted by Gasteiger charge is -2.41. The molecule has 0 spiro atoms. The van der Waals surface area contributed by atoms with Gasteiger partial charge in [0.2, 0.25) is 0 Å². The molecule has 1 saturated heterocycles. The van der Waals surface area contributed by atoms with Gasteiger partial charge in [0.05, 0.1) is 19.5 Å². The van der Waals surface area contributed by atoms with E-state index in [1.807, 2.05) is 0 Å². The molecule has 8 atom stereocenters. The van der Waals surface area contributed by atoms with E-state index in [0.29, 0.717) is 0 Å². The molecule has 21 heavy (non-hydrogen) atoms. The van der Waals surface area contributed by atoms with Gasteiger partial charge in [-0.25, -0.2) is 0 Å². The highest BCUT2D eigenvalue weighted by atomic mass is 16.7. The molecule has 0 unspecified atom stereocenters. The number of ether oxygens (including phenoxy) is 3. The summed E-state index contributed by atoms with van der Waals surface area (Å²) in [5.74, 6) is 0. The summed E-state index contributed by atoms with van der Waals surface area (Å²) in [6.07, 6.45) is -7.49. The van der Waals surface area contributed by atoms with Crippen molar-refractivity contribution in [3.63, 3.8) is 0 Å². The van der Waals surface area contributed by atoms with E-state index >= 15 is 0 Å². The third-order valence-corrected chi connectivity index (χ3v) is 3.56. The molecule has 9 heteroatoms. The van der Waals surface area contributed by atoms with Gasteiger partial charge in [0.15, 0.2) is 6.29 Å². The van der Waals surface area contributed by atoms with Crippen LogP contribution in [0.3, 0.4) is 0 Å². The van der Waals surface area contributed by atoms with E-state index in [4.69, 9.17) is 24.4 Å². The molecule has 2 heterocycles. The van der Waals surface area contributed by atoms with Gasteiger partial charge < -0.3 is 44.8 Å². The summed E-state index contributed by atoms with van der Waals surface area (Å²) in [7, 11) is 0. The minimum atomic E-state index is -1.56. The molecule has 0 radical (unpaired) electrons. The highest BCUT2D eigenvalue weighted by molar-refractivity contribution is 4.99. The van der Waals surface area contributed by atoms with Crippen molar-refractivity contribution in [2.24, 2.45) is 0 Å². The fourth-order valence-electron chi connectivity index (χ4n) is 2.24. The summed E-state index contributed by atoms with van der Waals surface area (Å²) in [6.45, 7) is -1.00. The molecule has 6 N–H and O–H groups in total. The lowest BCUT2D eigenvalue weighted by molar-refractivity contribution is -0.315. The summed E-state index contributed by atoms with van der Waals surface area (Å²) >= 11 is 0. The zero-order valence-corrected chi connectivity index (χ0v) is 11.1. The van der Waals surface area contributed by atoms with Gasteiger partial charge in [0.25, 0.3) is 0 Å². The number of hydrogen-bond donors (Lipinski definition) is 6. The standard InChI is InChI=1S/C12H20O9/c13-3-6-8(15)5(1-2-19-6)20-12-11(18)10(17)9(16)7(4-14)21-12/h1-2,5-18H,3-4H2/t5-,6-,7-,8+,9-,10+,11-,12+/m1/s1. The molecule has 0 aromatic carbocycles. The second kappa shape index (κ2) is 6.99. The van der Waals surface area contributed by atoms with E-state index in [9.17, 15) is 20.4 Å². The molecule has 0 amide bonds.